The maximum atomic E-state index is 9.78. The highest BCUT2D eigenvalue weighted by Crippen LogP contribution is 2.28. The smallest absolute Gasteiger partial charge is 0.0675 e. The van der Waals surface area contributed by atoms with Crippen LogP contribution in [0.4, 0.5) is 0 Å². The third-order valence-corrected chi connectivity index (χ3v) is 3.02. The minimum Gasteiger partial charge on any atom is -0.390 e. The Bertz CT molecular complexity index is 96.3. The fourth-order valence-corrected chi connectivity index (χ4v) is 2.52. The van der Waals surface area contributed by atoms with Gasteiger partial charge >= 0.3 is 0 Å². The van der Waals surface area contributed by atoms with E-state index in [2.05, 4.69) is 0 Å². The van der Waals surface area contributed by atoms with Gasteiger partial charge in [0.25, 0.3) is 0 Å². The lowest BCUT2D eigenvalue weighted by Gasteiger charge is -2.31. The van der Waals surface area contributed by atoms with E-state index < -0.39 is 5.60 Å². The van der Waals surface area contributed by atoms with Crippen LogP contribution in [0.2, 0.25) is 0 Å². The molecular formula is C7H15NOS. The van der Waals surface area contributed by atoms with Gasteiger partial charge in [-0.2, -0.15) is 11.8 Å². The van der Waals surface area contributed by atoms with Crippen LogP contribution in [0.15, 0.2) is 0 Å². The Hall–Kier alpha value is 0.270. The van der Waals surface area contributed by atoms with E-state index in [4.69, 9.17) is 5.73 Å². The monoisotopic (exact) mass is 161 g/mol. The highest BCUT2D eigenvalue weighted by Gasteiger charge is 2.27. The second kappa shape index (κ2) is 3.60. The lowest BCUT2D eigenvalue weighted by atomic mass is 9.93. The van der Waals surface area contributed by atoms with Gasteiger partial charge in [0.05, 0.1) is 5.60 Å². The van der Waals surface area contributed by atoms with Crippen molar-refractivity contribution in [3.63, 3.8) is 0 Å². The standard InChI is InChI=1S/C7H15NOS/c8-4-1-7(9)2-5-10-6-3-7/h9H,1-6,8H2. The Balaban J connectivity index is 2.32. The summed E-state index contributed by atoms with van der Waals surface area (Å²) in [6.45, 7) is 0.612. The maximum Gasteiger partial charge on any atom is 0.0675 e. The van der Waals surface area contributed by atoms with Crippen LogP contribution >= 0.6 is 11.8 Å². The van der Waals surface area contributed by atoms with E-state index in [0.717, 1.165) is 30.8 Å². The summed E-state index contributed by atoms with van der Waals surface area (Å²) in [5, 5.41) is 9.78. The first-order valence-electron chi connectivity index (χ1n) is 3.77. The van der Waals surface area contributed by atoms with Crippen molar-refractivity contribution >= 4 is 11.8 Å². The summed E-state index contributed by atoms with van der Waals surface area (Å²) in [5.41, 5.74) is 4.96. The minimum absolute atomic E-state index is 0.417. The van der Waals surface area contributed by atoms with Crippen LogP contribution in [0.25, 0.3) is 0 Å². The van der Waals surface area contributed by atoms with E-state index in [1.807, 2.05) is 11.8 Å². The molecule has 0 unspecified atom stereocenters. The summed E-state index contributed by atoms with van der Waals surface area (Å²) >= 11 is 1.92. The largest absolute Gasteiger partial charge is 0.390 e. The molecule has 0 aliphatic carbocycles. The van der Waals surface area contributed by atoms with Crippen molar-refractivity contribution in [2.24, 2.45) is 5.73 Å². The number of nitrogens with two attached hydrogens (primary N) is 1. The normalized spacial score (nSPS) is 24.6. The number of thioether (sulfide) groups is 1. The van der Waals surface area contributed by atoms with E-state index in [1.54, 1.807) is 0 Å². The van der Waals surface area contributed by atoms with Gasteiger partial charge in [-0.3, -0.25) is 0 Å². The minimum atomic E-state index is -0.417. The van der Waals surface area contributed by atoms with Crippen LogP contribution in [0.5, 0.6) is 0 Å². The molecule has 3 heteroatoms. The topological polar surface area (TPSA) is 46.2 Å². The molecule has 0 aromatic heterocycles. The van der Waals surface area contributed by atoms with E-state index in [9.17, 15) is 5.11 Å². The molecule has 1 heterocycles. The predicted molar refractivity (Wildman–Crippen MR) is 45.2 cm³/mol. The summed E-state index contributed by atoms with van der Waals surface area (Å²) in [4.78, 5) is 0. The molecule has 2 nitrogen and oxygen atoms in total. The molecule has 3 N–H and O–H groups in total. The number of aliphatic hydroxyl groups is 1. The van der Waals surface area contributed by atoms with Gasteiger partial charge in [-0.05, 0) is 37.3 Å². The molecule has 1 aliphatic rings. The fraction of sp³-hybridized carbons (Fsp3) is 1.00. The number of hydrogen-bond acceptors (Lipinski definition) is 3. The summed E-state index contributed by atoms with van der Waals surface area (Å²) in [7, 11) is 0. The third kappa shape index (κ3) is 2.15. The van der Waals surface area contributed by atoms with Crippen LogP contribution in [0.1, 0.15) is 19.3 Å². The molecule has 1 rings (SSSR count). The molecule has 0 amide bonds. The highest BCUT2D eigenvalue weighted by atomic mass is 32.2. The Morgan fingerprint density at radius 1 is 1.40 bits per heavy atom. The first-order chi connectivity index (χ1) is 4.77. The van der Waals surface area contributed by atoms with Gasteiger partial charge in [-0.15, -0.1) is 0 Å². The molecule has 0 atom stereocenters. The van der Waals surface area contributed by atoms with Crippen LogP contribution in [0.3, 0.4) is 0 Å². The first-order valence-corrected chi connectivity index (χ1v) is 4.92. The van der Waals surface area contributed by atoms with Crippen molar-refractivity contribution in [2.45, 2.75) is 24.9 Å². The molecule has 1 aliphatic heterocycles. The summed E-state index contributed by atoms with van der Waals surface area (Å²) in [6, 6.07) is 0. The Morgan fingerprint density at radius 3 is 2.50 bits per heavy atom. The van der Waals surface area contributed by atoms with Crippen LogP contribution in [-0.4, -0.2) is 28.8 Å². The van der Waals surface area contributed by atoms with Gasteiger partial charge in [0.2, 0.25) is 0 Å². The predicted octanol–water partition coefficient (Wildman–Crippen LogP) is 0.593. The number of hydrogen-bond donors (Lipinski definition) is 2. The van der Waals surface area contributed by atoms with Crippen molar-refractivity contribution in [3.8, 4) is 0 Å². The molecule has 0 bridgehead atoms. The van der Waals surface area contributed by atoms with Crippen molar-refractivity contribution in [3.05, 3.63) is 0 Å². The van der Waals surface area contributed by atoms with E-state index in [0.29, 0.717) is 6.54 Å². The van der Waals surface area contributed by atoms with Crippen molar-refractivity contribution in [2.75, 3.05) is 18.1 Å². The molecular weight excluding hydrogens is 146 g/mol. The second-order valence-electron chi connectivity index (χ2n) is 2.88. The summed E-state index contributed by atoms with van der Waals surface area (Å²) in [6.07, 6.45) is 2.62. The lowest BCUT2D eigenvalue weighted by molar-refractivity contribution is 0.0258. The van der Waals surface area contributed by atoms with Crippen LogP contribution in [0, 0.1) is 0 Å². The molecule has 1 saturated heterocycles. The molecule has 0 aromatic rings. The highest BCUT2D eigenvalue weighted by molar-refractivity contribution is 7.99. The summed E-state index contributed by atoms with van der Waals surface area (Å²) < 4.78 is 0. The van der Waals surface area contributed by atoms with Gasteiger partial charge in [-0.1, -0.05) is 0 Å². The SMILES string of the molecule is NCCC1(O)CCSCC1. The molecule has 0 saturated carbocycles. The third-order valence-electron chi connectivity index (χ3n) is 2.03. The molecule has 0 radical (unpaired) electrons. The molecule has 60 valence electrons. The van der Waals surface area contributed by atoms with Gasteiger partial charge < -0.3 is 10.8 Å². The fourth-order valence-electron chi connectivity index (χ4n) is 1.27. The van der Waals surface area contributed by atoms with Crippen molar-refractivity contribution < 1.29 is 5.11 Å². The first kappa shape index (κ1) is 8.37. The van der Waals surface area contributed by atoms with Gasteiger partial charge in [0.1, 0.15) is 0 Å². The second-order valence-corrected chi connectivity index (χ2v) is 4.10. The molecule has 0 spiro atoms. The Kier molecular flexibility index (Phi) is 3.01. The molecule has 0 aromatic carbocycles. The van der Waals surface area contributed by atoms with Gasteiger partial charge in [-0.25, -0.2) is 0 Å². The van der Waals surface area contributed by atoms with Gasteiger partial charge in [0.15, 0.2) is 0 Å². The van der Waals surface area contributed by atoms with E-state index in [-0.39, 0.29) is 0 Å². The molecule has 10 heavy (non-hydrogen) atoms. The zero-order valence-electron chi connectivity index (χ0n) is 6.18. The van der Waals surface area contributed by atoms with Crippen molar-refractivity contribution in [1.82, 2.24) is 0 Å². The average molecular weight is 161 g/mol. The quantitative estimate of drug-likeness (QED) is 0.623. The zero-order chi connectivity index (χ0) is 7.45. The van der Waals surface area contributed by atoms with Crippen LogP contribution < -0.4 is 5.73 Å². The van der Waals surface area contributed by atoms with E-state index >= 15 is 0 Å². The van der Waals surface area contributed by atoms with Crippen LogP contribution in [-0.2, 0) is 0 Å². The average Bonchev–Trinajstić information content (AvgIpc) is 1.89. The Labute approximate surface area is 66.2 Å². The van der Waals surface area contributed by atoms with E-state index in [1.165, 1.54) is 0 Å². The summed E-state index contributed by atoms with van der Waals surface area (Å²) in [5.74, 6) is 2.19. The van der Waals surface area contributed by atoms with Gasteiger partial charge in [0, 0.05) is 0 Å². The molecule has 1 fully saturated rings. The zero-order valence-corrected chi connectivity index (χ0v) is 6.99. The lowest BCUT2D eigenvalue weighted by Crippen LogP contribution is -2.35. The number of rotatable bonds is 2. The Morgan fingerprint density at radius 2 is 2.00 bits per heavy atom. The maximum absolute atomic E-state index is 9.78. The van der Waals surface area contributed by atoms with Crippen molar-refractivity contribution in [1.29, 1.82) is 0 Å².